The van der Waals surface area contributed by atoms with Crippen LogP contribution < -0.4 is 10.6 Å². The normalized spacial score (nSPS) is 11.3. The van der Waals surface area contributed by atoms with Crippen molar-refractivity contribution < 1.29 is 19.1 Å². The van der Waals surface area contributed by atoms with Gasteiger partial charge in [-0.2, -0.15) is 0 Å². The number of rotatable bonds is 7. The number of amides is 2. The SMILES string of the molecule is Cc1cccc(C(=O)NCC(=O)OCC(=O)N[C@H](C)c2ccccc2)c1. The molecular formula is C20H22N2O4. The van der Waals surface area contributed by atoms with Gasteiger partial charge in [-0.3, -0.25) is 14.4 Å². The molecule has 0 aliphatic rings. The Bertz CT molecular complexity index is 774. The van der Waals surface area contributed by atoms with Gasteiger partial charge < -0.3 is 15.4 Å². The van der Waals surface area contributed by atoms with Crippen molar-refractivity contribution in [3.63, 3.8) is 0 Å². The van der Waals surface area contributed by atoms with Gasteiger partial charge in [0.15, 0.2) is 6.61 Å². The van der Waals surface area contributed by atoms with Gasteiger partial charge in [0.25, 0.3) is 11.8 Å². The molecule has 0 aliphatic heterocycles. The highest BCUT2D eigenvalue weighted by molar-refractivity contribution is 5.96. The van der Waals surface area contributed by atoms with Gasteiger partial charge >= 0.3 is 5.97 Å². The summed E-state index contributed by atoms with van der Waals surface area (Å²) in [5.74, 6) is -1.44. The highest BCUT2D eigenvalue weighted by Crippen LogP contribution is 2.10. The van der Waals surface area contributed by atoms with Gasteiger partial charge in [-0.25, -0.2) is 0 Å². The number of esters is 1. The highest BCUT2D eigenvalue weighted by Gasteiger charge is 2.13. The average Bonchev–Trinajstić information content (AvgIpc) is 2.65. The molecule has 0 saturated carbocycles. The van der Waals surface area contributed by atoms with Crippen LogP contribution in [0.1, 0.15) is 34.5 Å². The number of aryl methyl sites for hydroxylation is 1. The van der Waals surface area contributed by atoms with Crippen molar-refractivity contribution in [1.29, 1.82) is 0 Å². The summed E-state index contributed by atoms with van der Waals surface area (Å²) in [6, 6.07) is 16.3. The summed E-state index contributed by atoms with van der Waals surface area (Å²) in [6.45, 7) is 3.03. The lowest BCUT2D eigenvalue weighted by Crippen LogP contribution is -2.34. The number of nitrogens with one attached hydrogen (secondary N) is 2. The van der Waals surface area contributed by atoms with Gasteiger partial charge in [0.2, 0.25) is 0 Å². The summed E-state index contributed by atoms with van der Waals surface area (Å²) in [5, 5.41) is 5.22. The van der Waals surface area contributed by atoms with E-state index in [0.717, 1.165) is 11.1 Å². The van der Waals surface area contributed by atoms with E-state index in [-0.39, 0.29) is 18.5 Å². The van der Waals surface area contributed by atoms with Crippen LogP contribution in [0.4, 0.5) is 0 Å². The molecule has 0 fully saturated rings. The number of benzene rings is 2. The minimum Gasteiger partial charge on any atom is -0.454 e. The largest absolute Gasteiger partial charge is 0.454 e. The van der Waals surface area contributed by atoms with Crippen LogP contribution in [0.25, 0.3) is 0 Å². The molecule has 136 valence electrons. The van der Waals surface area contributed by atoms with E-state index in [2.05, 4.69) is 10.6 Å². The maximum atomic E-state index is 11.9. The first kappa shape index (κ1) is 19.2. The zero-order valence-corrected chi connectivity index (χ0v) is 14.8. The number of ether oxygens (including phenoxy) is 1. The van der Waals surface area contributed by atoms with Crippen molar-refractivity contribution in [3.05, 3.63) is 71.3 Å². The standard InChI is InChI=1S/C20H22N2O4/c1-14-7-6-10-17(11-14)20(25)21-12-19(24)26-13-18(23)22-15(2)16-8-4-3-5-9-16/h3-11,15H,12-13H2,1-2H3,(H,21,25)(H,22,23)/t15-/m1/s1. The van der Waals surface area contributed by atoms with Crippen molar-refractivity contribution in [1.82, 2.24) is 10.6 Å². The lowest BCUT2D eigenvalue weighted by molar-refractivity contribution is -0.147. The van der Waals surface area contributed by atoms with Crippen molar-refractivity contribution >= 4 is 17.8 Å². The molecule has 0 radical (unpaired) electrons. The average molecular weight is 354 g/mol. The van der Waals surface area contributed by atoms with Crippen LogP contribution in [-0.2, 0) is 14.3 Å². The molecule has 2 amide bonds. The first-order valence-corrected chi connectivity index (χ1v) is 8.30. The summed E-state index contributed by atoms with van der Waals surface area (Å²) >= 11 is 0. The fraction of sp³-hybridized carbons (Fsp3) is 0.250. The first-order valence-electron chi connectivity index (χ1n) is 8.30. The third kappa shape index (κ3) is 6.05. The van der Waals surface area contributed by atoms with Crippen molar-refractivity contribution in [3.8, 4) is 0 Å². The van der Waals surface area contributed by atoms with Crippen molar-refractivity contribution in [2.24, 2.45) is 0 Å². The summed E-state index contributed by atoms with van der Waals surface area (Å²) < 4.78 is 4.88. The van der Waals surface area contributed by atoms with E-state index in [1.807, 2.05) is 50.2 Å². The summed E-state index contributed by atoms with van der Waals surface area (Å²) in [5.41, 5.74) is 2.37. The van der Waals surface area contributed by atoms with Crippen LogP contribution in [0.15, 0.2) is 54.6 Å². The fourth-order valence-corrected chi connectivity index (χ4v) is 2.35. The van der Waals surface area contributed by atoms with Gasteiger partial charge in [0.05, 0.1) is 6.04 Å². The molecule has 2 aromatic rings. The Morgan fingerprint density at radius 2 is 1.77 bits per heavy atom. The number of hydrogen-bond donors (Lipinski definition) is 2. The smallest absolute Gasteiger partial charge is 0.325 e. The molecule has 6 nitrogen and oxygen atoms in total. The van der Waals surface area contributed by atoms with E-state index >= 15 is 0 Å². The lowest BCUT2D eigenvalue weighted by Gasteiger charge is -2.14. The molecular weight excluding hydrogens is 332 g/mol. The van der Waals surface area contributed by atoms with E-state index in [1.54, 1.807) is 18.2 Å². The van der Waals surface area contributed by atoms with Crippen LogP contribution in [0.3, 0.4) is 0 Å². The Morgan fingerprint density at radius 1 is 1.04 bits per heavy atom. The van der Waals surface area contributed by atoms with Gasteiger partial charge in [0.1, 0.15) is 6.54 Å². The van der Waals surface area contributed by atoms with Gasteiger partial charge in [-0.05, 0) is 31.5 Å². The molecule has 0 aromatic heterocycles. The molecule has 26 heavy (non-hydrogen) atoms. The van der Waals surface area contributed by atoms with E-state index in [1.165, 1.54) is 0 Å². The topological polar surface area (TPSA) is 84.5 Å². The fourth-order valence-electron chi connectivity index (χ4n) is 2.35. The van der Waals surface area contributed by atoms with Crippen molar-refractivity contribution in [2.45, 2.75) is 19.9 Å². The summed E-state index contributed by atoms with van der Waals surface area (Å²) in [6.07, 6.45) is 0. The monoisotopic (exact) mass is 354 g/mol. The maximum absolute atomic E-state index is 11.9. The maximum Gasteiger partial charge on any atom is 0.325 e. The second-order valence-electron chi connectivity index (χ2n) is 5.91. The van der Waals surface area contributed by atoms with Gasteiger partial charge in [-0.15, -0.1) is 0 Å². The minimum atomic E-state index is -0.673. The molecule has 0 heterocycles. The Balaban J connectivity index is 1.71. The third-order valence-corrected chi connectivity index (χ3v) is 3.71. The summed E-state index contributed by atoms with van der Waals surface area (Å²) in [4.78, 5) is 35.5. The number of hydrogen-bond acceptors (Lipinski definition) is 4. The molecule has 0 aliphatic carbocycles. The van der Waals surface area contributed by atoms with Crippen LogP contribution in [-0.4, -0.2) is 30.9 Å². The van der Waals surface area contributed by atoms with Crippen LogP contribution >= 0.6 is 0 Å². The van der Waals surface area contributed by atoms with E-state index in [0.29, 0.717) is 5.56 Å². The molecule has 2 rings (SSSR count). The number of carbonyl (C=O) groups is 3. The Kier molecular flexibility index (Phi) is 6.91. The second-order valence-corrected chi connectivity index (χ2v) is 5.91. The van der Waals surface area contributed by atoms with Crippen LogP contribution in [0.2, 0.25) is 0 Å². The molecule has 1 atom stereocenters. The Morgan fingerprint density at radius 3 is 2.46 bits per heavy atom. The molecule has 6 heteroatoms. The summed E-state index contributed by atoms with van der Waals surface area (Å²) in [7, 11) is 0. The molecule has 2 aromatic carbocycles. The zero-order valence-electron chi connectivity index (χ0n) is 14.8. The van der Waals surface area contributed by atoms with E-state index in [9.17, 15) is 14.4 Å². The van der Waals surface area contributed by atoms with Crippen LogP contribution in [0.5, 0.6) is 0 Å². The number of carbonyl (C=O) groups excluding carboxylic acids is 3. The molecule has 2 N–H and O–H groups in total. The quantitative estimate of drug-likeness (QED) is 0.746. The molecule has 0 spiro atoms. The zero-order chi connectivity index (χ0) is 18.9. The van der Waals surface area contributed by atoms with Gasteiger partial charge in [-0.1, -0.05) is 48.0 Å². The predicted octanol–water partition coefficient (Wildman–Crippen LogP) is 2.15. The first-order chi connectivity index (χ1) is 12.5. The minimum absolute atomic E-state index is 0.191. The lowest BCUT2D eigenvalue weighted by atomic mass is 10.1. The molecule has 0 bridgehead atoms. The van der Waals surface area contributed by atoms with Gasteiger partial charge in [0, 0.05) is 5.56 Å². The molecule has 0 unspecified atom stereocenters. The van der Waals surface area contributed by atoms with Crippen molar-refractivity contribution in [2.75, 3.05) is 13.2 Å². The predicted molar refractivity (Wildman–Crippen MR) is 97.5 cm³/mol. The second kappa shape index (κ2) is 9.36. The van der Waals surface area contributed by atoms with Crippen LogP contribution in [0, 0.1) is 6.92 Å². The van der Waals surface area contributed by atoms with E-state index < -0.39 is 18.5 Å². The van der Waals surface area contributed by atoms with E-state index in [4.69, 9.17) is 4.74 Å². The highest BCUT2D eigenvalue weighted by atomic mass is 16.5. The Labute approximate surface area is 152 Å². The molecule has 0 saturated heterocycles. The third-order valence-electron chi connectivity index (χ3n) is 3.71. The Hall–Kier alpha value is -3.15.